The third kappa shape index (κ3) is 9.57. The predicted octanol–water partition coefficient (Wildman–Crippen LogP) is 11.8. The van der Waals surface area contributed by atoms with E-state index in [2.05, 4.69) is 132 Å². The van der Waals surface area contributed by atoms with E-state index in [4.69, 9.17) is 28.4 Å². The summed E-state index contributed by atoms with van der Waals surface area (Å²) in [6.45, 7) is 28.5. The van der Waals surface area contributed by atoms with Crippen molar-refractivity contribution in [2.24, 2.45) is 0 Å². The van der Waals surface area contributed by atoms with Crippen LogP contribution in [0, 0.1) is 0 Å². The number of rotatable bonds is 4. The average Bonchev–Trinajstić information content (AvgIpc) is 3.09. The maximum atomic E-state index is 6.63. The Bertz CT molecular complexity index is 1900. The molecular formula is C50H68O6. The van der Waals surface area contributed by atoms with Crippen molar-refractivity contribution < 1.29 is 28.4 Å². The van der Waals surface area contributed by atoms with Gasteiger partial charge in [-0.05, 0) is 90.4 Å². The molecule has 56 heavy (non-hydrogen) atoms. The molecule has 0 amide bonds. The molecule has 8 bridgehead atoms. The first kappa shape index (κ1) is 43.1. The van der Waals surface area contributed by atoms with Gasteiger partial charge in [-0.3, -0.25) is 0 Å². The van der Waals surface area contributed by atoms with Gasteiger partial charge < -0.3 is 28.4 Å². The Hall–Kier alpha value is -4.00. The summed E-state index contributed by atoms with van der Waals surface area (Å²) >= 11 is 0. The molecule has 6 heteroatoms. The molecule has 0 fully saturated rings. The van der Waals surface area contributed by atoms with Crippen LogP contribution < -0.4 is 18.9 Å². The van der Waals surface area contributed by atoms with E-state index in [0.717, 1.165) is 67.5 Å². The number of methoxy groups -OCH3 is 4. The standard InChI is InChI=1S/C50H68O6/c1-47(2,3)39-19-31-17-33-21-40(48(4,5)6)23-35(44(33)52-14)27-55-29-37-25-42(50(10,11)12)26-38(46(37)54-16)30-56-28-36-24-41(49(7,8)9)22-34(45(36)53-15)18-32(20-39)43(31)51-13/h19-26H,17-18,27-30H2,1-16H3. The lowest BCUT2D eigenvalue weighted by Gasteiger charge is -2.27. The highest BCUT2D eigenvalue weighted by atomic mass is 16.5. The molecule has 0 N–H and O–H groups in total. The highest BCUT2D eigenvalue weighted by Crippen LogP contribution is 2.42. The lowest BCUT2D eigenvalue weighted by atomic mass is 9.81. The number of hydrogen-bond acceptors (Lipinski definition) is 6. The molecule has 0 saturated carbocycles. The summed E-state index contributed by atoms with van der Waals surface area (Å²) in [5.41, 5.74) is 13.0. The fourth-order valence-electron chi connectivity index (χ4n) is 7.70. The van der Waals surface area contributed by atoms with Crippen molar-refractivity contribution in [1.82, 2.24) is 0 Å². The van der Waals surface area contributed by atoms with Gasteiger partial charge in [-0.25, -0.2) is 0 Å². The smallest absolute Gasteiger partial charge is 0.129 e. The zero-order valence-corrected chi connectivity index (χ0v) is 37.3. The fraction of sp³-hybridized carbons (Fsp3) is 0.520. The van der Waals surface area contributed by atoms with Gasteiger partial charge in [0.15, 0.2) is 0 Å². The van der Waals surface area contributed by atoms with Gasteiger partial charge in [-0.15, -0.1) is 0 Å². The monoisotopic (exact) mass is 765 g/mol. The van der Waals surface area contributed by atoms with E-state index in [-0.39, 0.29) is 21.7 Å². The first-order valence-electron chi connectivity index (χ1n) is 20.1. The molecule has 1 heterocycles. The molecule has 0 saturated heterocycles. The van der Waals surface area contributed by atoms with Crippen molar-refractivity contribution in [2.75, 3.05) is 28.4 Å². The van der Waals surface area contributed by atoms with Gasteiger partial charge in [-0.2, -0.15) is 0 Å². The summed E-state index contributed by atoms with van der Waals surface area (Å²) in [4.78, 5) is 0. The van der Waals surface area contributed by atoms with Crippen molar-refractivity contribution in [3.8, 4) is 23.0 Å². The SMILES string of the molecule is COc1c2cc(C(C)(C)C)cc1COCc1cc(C(C)(C)C)cc(c1OC)Cc1cc(C(C)(C)C)cc(c1OC)Cc1cc(C(C)(C)C)cc(c1OC)COC2. The Kier molecular flexibility index (Phi) is 12.7. The van der Waals surface area contributed by atoms with Gasteiger partial charge in [0.05, 0.1) is 54.9 Å². The molecule has 0 aromatic heterocycles. The molecule has 0 radical (unpaired) electrons. The second-order valence-electron chi connectivity index (χ2n) is 19.7. The Labute approximate surface area is 338 Å². The second kappa shape index (κ2) is 16.5. The molecule has 5 rings (SSSR count). The zero-order valence-electron chi connectivity index (χ0n) is 37.3. The molecule has 0 atom stereocenters. The highest BCUT2D eigenvalue weighted by molar-refractivity contribution is 5.56. The van der Waals surface area contributed by atoms with E-state index in [9.17, 15) is 0 Å². The van der Waals surface area contributed by atoms with Crippen LogP contribution >= 0.6 is 0 Å². The fourth-order valence-corrected chi connectivity index (χ4v) is 7.70. The second-order valence-corrected chi connectivity index (χ2v) is 19.7. The van der Waals surface area contributed by atoms with Crippen LogP contribution in [-0.2, 0) is 70.4 Å². The van der Waals surface area contributed by atoms with E-state index in [0.29, 0.717) is 39.3 Å². The van der Waals surface area contributed by atoms with Crippen LogP contribution in [0.5, 0.6) is 23.0 Å². The molecular weight excluding hydrogens is 697 g/mol. The third-order valence-corrected chi connectivity index (χ3v) is 11.0. The maximum absolute atomic E-state index is 6.63. The summed E-state index contributed by atoms with van der Waals surface area (Å²) in [5.74, 6) is 3.35. The first-order valence-corrected chi connectivity index (χ1v) is 20.1. The van der Waals surface area contributed by atoms with E-state index in [1.165, 1.54) is 22.3 Å². The maximum Gasteiger partial charge on any atom is 0.129 e. The molecule has 0 aliphatic carbocycles. The highest BCUT2D eigenvalue weighted by Gasteiger charge is 2.27. The number of hydrogen-bond donors (Lipinski definition) is 0. The van der Waals surface area contributed by atoms with Crippen LogP contribution in [0.2, 0.25) is 0 Å². The van der Waals surface area contributed by atoms with Crippen LogP contribution in [0.4, 0.5) is 0 Å². The Balaban J connectivity index is 1.82. The molecule has 1 aliphatic heterocycles. The van der Waals surface area contributed by atoms with Crippen molar-refractivity contribution >= 4 is 0 Å². The molecule has 304 valence electrons. The lowest BCUT2D eigenvalue weighted by Crippen LogP contribution is -2.16. The van der Waals surface area contributed by atoms with Crippen LogP contribution in [0.25, 0.3) is 0 Å². The van der Waals surface area contributed by atoms with Crippen LogP contribution in [-0.4, -0.2) is 28.4 Å². The molecule has 6 nitrogen and oxygen atoms in total. The molecule has 4 aromatic carbocycles. The molecule has 0 unspecified atom stereocenters. The van der Waals surface area contributed by atoms with Gasteiger partial charge in [0.25, 0.3) is 0 Å². The van der Waals surface area contributed by atoms with Gasteiger partial charge >= 0.3 is 0 Å². The zero-order chi connectivity index (χ0) is 41.4. The number of ether oxygens (including phenoxy) is 6. The number of benzene rings is 4. The number of fused-ring (bicyclic) bond motifs is 8. The van der Waals surface area contributed by atoms with Crippen LogP contribution in [0.1, 0.15) is 150 Å². The van der Waals surface area contributed by atoms with Gasteiger partial charge in [-0.1, -0.05) is 107 Å². The lowest BCUT2D eigenvalue weighted by molar-refractivity contribution is 0.0976. The Morgan fingerprint density at radius 1 is 0.321 bits per heavy atom. The third-order valence-electron chi connectivity index (χ3n) is 11.0. The van der Waals surface area contributed by atoms with Gasteiger partial charge in [0.2, 0.25) is 0 Å². The van der Waals surface area contributed by atoms with Crippen molar-refractivity contribution in [1.29, 1.82) is 0 Å². The summed E-state index contributed by atoms with van der Waals surface area (Å²) in [7, 11) is 7.05. The Morgan fingerprint density at radius 3 is 0.696 bits per heavy atom. The molecule has 0 spiro atoms. The molecule has 4 aromatic rings. The van der Waals surface area contributed by atoms with E-state index < -0.39 is 0 Å². The molecule has 1 aliphatic rings. The predicted molar refractivity (Wildman–Crippen MR) is 229 cm³/mol. The summed E-state index contributed by atoms with van der Waals surface area (Å²) in [6.07, 6.45) is 1.26. The quantitative estimate of drug-likeness (QED) is 0.206. The minimum atomic E-state index is -0.0997. The largest absolute Gasteiger partial charge is 0.496 e. The summed E-state index contributed by atoms with van der Waals surface area (Å²) < 4.78 is 38.3. The average molecular weight is 765 g/mol. The summed E-state index contributed by atoms with van der Waals surface area (Å²) in [6, 6.07) is 18.2. The van der Waals surface area contributed by atoms with Crippen LogP contribution in [0.15, 0.2) is 48.5 Å². The summed E-state index contributed by atoms with van der Waals surface area (Å²) in [5, 5.41) is 0. The van der Waals surface area contributed by atoms with Crippen molar-refractivity contribution in [2.45, 2.75) is 144 Å². The van der Waals surface area contributed by atoms with Gasteiger partial charge in [0.1, 0.15) is 23.0 Å². The van der Waals surface area contributed by atoms with Gasteiger partial charge in [0, 0.05) is 35.1 Å². The van der Waals surface area contributed by atoms with Crippen molar-refractivity contribution in [3.05, 3.63) is 115 Å². The van der Waals surface area contributed by atoms with E-state index in [1.54, 1.807) is 28.4 Å². The van der Waals surface area contributed by atoms with E-state index in [1.807, 2.05) is 0 Å². The normalized spacial score (nSPS) is 14.6. The minimum Gasteiger partial charge on any atom is -0.496 e. The minimum absolute atomic E-state index is 0.0916. The van der Waals surface area contributed by atoms with E-state index >= 15 is 0 Å². The first-order chi connectivity index (χ1) is 26.1. The van der Waals surface area contributed by atoms with Crippen LogP contribution in [0.3, 0.4) is 0 Å². The topological polar surface area (TPSA) is 55.4 Å². The van der Waals surface area contributed by atoms with Crippen molar-refractivity contribution in [3.63, 3.8) is 0 Å². The Morgan fingerprint density at radius 2 is 0.500 bits per heavy atom.